The molecule has 2 N–H and O–H groups in total. The molecule has 1 fully saturated rings. The molecule has 7 heteroatoms. The Balaban J connectivity index is 1.89. The Labute approximate surface area is 189 Å². The first-order valence-electron chi connectivity index (χ1n) is 11.0. The molecule has 1 heterocycles. The number of esters is 1. The number of aromatic amines is 1. The predicted molar refractivity (Wildman–Crippen MR) is 124 cm³/mol. The predicted octanol–water partition coefficient (Wildman–Crippen LogP) is 6.14. The van der Waals surface area contributed by atoms with Crippen molar-refractivity contribution < 1.29 is 14.3 Å². The van der Waals surface area contributed by atoms with E-state index in [0.717, 1.165) is 48.1 Å². The van der Waals surface area contributed by atoms with Gasteiger partial charge in [-0.25, -0.2) is 9.59 Å². The molecule has 1 aliphatic carbocycles. The van der Waals surface area contributed by atoms with Crippen molar-refractivity contribution in [3.63, 3.8) is 0 Å². The fraction of sp³-hybridized carbons (Fsp3) is 0.500. The van der Waals surface area contributed by atoms with Gasteiger partial charge in [-0.05, 0) is 69.4 Å². The lowest BCUT2D eigenvalue weighted by atomic mass is 9.93. The van der Waals surface area contributed by atoms with Gasteiger partial charge in [0.2, 0.25) is 0 Å². The van der Waals surface area contributed by atoms with Crippen LogP contribution in [0.5, 0.6) is 0 Å². The van der Waals surface area contributed by atoms with Gasteiger partial charge in [-0.15, -0.1) is 0 Å². The molecule has 31 heavy (non-hydrogen) atoms. The summed E-state index contributed by atoms with van der Waals surface area (Å²) >= 11 is 6.15. The van der Waals surface area contributed by atoms with Gasteiger partial charge in [-0.3, -0.25) is 0 Å². The average Bonchev–Trinajstić information content (AvgIpc) is 3.03. The number of ether oxygens (including phenoxy) is 1. The molecule has 0 spiro atoms. The Hall–Kier alpha value is -2.47. The highest BCUT2D eigenvalue weighted by atomic mass is 35.5. The Morgan fingerprint density at radius 1 is 1.19 bits per heavy atom. The molecular weight excluding hydrogens is 414 g/mol. The minimum absolute atomic E-state index is 0.144. The minimum atomic E-state index is -0.363. The van der Waals surface area contributed by atoms with Crippen LogP contribution in [-0.2, 0) is 11.3 Å². The fourth-order valence-electron chi connectivity index (χ4n) is 4.28. The number of hydrogen-bond donors (Lipinski definition) is 2. The van der Waals surface area contributed by atoms with Crippen LogP contribution < -0.4 is 5.32 Å². The van der Waals surface area contributed by atoms with Crippen LogP contribution in [0.25, 0.3) is 0 Å². The highest BCUT2D eigenvalue weighted by Gasteiger charge is 2.28. The van der Waals surface area contributed by atoms with Crippen molar-refractivity contribution >= 4 is 29.3 Å². The molecule has 1 saturated carbocycles. The minimum Gasteiger partial charge on any atom is -0.461 e. The Kier molecular flexibility index (Phi) is 7.65. The highest BCUT2D eigenvalue weighted by molar-refractivity contribution is 6.31. The highest BCUT2D eigenvalue weighted by Crippen LogP contribution is 2.29. The number of carbonyl (C=O) groups excluding carboxylic acids is 2. The molecule has 0 saturated heterocycles. The van der Waals surface area contributed by atoms with E-state index in [2.05, 4.69) is 10.3 Å². The summed E-state index contributed by atoms with van der Waals surface area (Å²) in [6, 6.07) is 5.51. The van der Waals surface area contributed by atoms with E-state index < -0.39 is 0 Å². The van der Waals surface area contributed by atoms with E-state index in [-0.39, 0.29) is 18.0 Å². The lowest BCUT2D eigenvalue weighted by Gasteiger charge is -2.35. The molecule has 0 unspecified atom stereocenters. The second-order valence-corrected chi connectivity index (χ2v) is 8.69. The first kappa shape index (κ1) is 23.2. The molecule has 1 aromatic carbocycles. The third-order valence-electron chi connectivity index (χ3n) is 6.12. The van der Waals surface area contributed by atoms with Gasteiger partial charge in [-0.2, -0.15) is 0 Å². The van der Waals surface area contributed by atoms with Gasteiger partial charge in [0.1, 0.15) is 5.69 Å². The van der Waals surface area contributed by atoms with E-state index in [1.165, 1.54) is 6.42 Å². The summed E-state index contributed by atoms with van der Waals surface area (Å²) in [5, 5.41) is 3.64. The van der Waals surface area contributed by atoms with E-state index in [0.29, 0.717) is 29.6 Å². The van der Waals surface area contributed by atoms with Gasteiger partial charge in [0.15, 0.2) is 0 Å². The van der Waals surface area contributed by atoms with Crippen LogP contribution in [0.1, 0.15) is 71.9 Å². The number of carbonyl (C=O) groups is 2. The van der Waals surface area contributed by atoms with Crippen molar-refractivity contribution in [2.24, 2.45) is 0 Å². The summed E-state index contributed by atoms with van der Waals surface area (Å²) in [4.78, 5) is 30.8. The van der Waals surface area contributed by atoms with Crippen molar-refractivity contribution in [2.45, 2.75) is 72.4 Å². The van der Waals surface area contributed by atoms with E-state index >= 15 is 0 Å². The van der Waals surface area contributed by atoms with Gasteiger partial charge in [0.25, 0.3) is 0 Å². The number of halogens is 1. The monoisotopic (exact) mass is 445 g/mol. The van der Waals surface area contributed by atoms with Crippen molar-refractivity contribution in [1.29, 1.82) is 0 Å². The van der Waals surface area contributed by atoms with Crippen LogP contribution >= 0.6 is 11.6 Å². The molecule has 6 nitrogen and oxygen atoms in total. The summed E-state index contributed by atoms with van der Waals surface area (Å²) in [5.74, 6) is -0.363. The van der Waals surface area contributed by atoms with E-state index in [4.69, 9.17) is 16.3 Å². The van der Waals surface area contributed by atoms with Gasteiger partial charge in [-0.1, -0.05) is 36.9 Å². The summed E-state index contributed by atoms with van der Waals surface area (Å²) < 4.78 is 5.17. The molecule has 0 bridgehead atoms. The molecule has 2 aromatic rings. The smallest absolute Gasteiger partial charge is 0.355 e. The van der Waals surface area contributed by atoms with Crippen LogP contribution in [0.2, 0.25) is 5.02 Å². The quantitative estimate of drug-likeness (QED) is 0.524. The molecule has 1 aromatic heterocycles. The maximum Gasteiger partial charge on any atom is 0.355 e. The molecule has 0 aliphatic heterocycles. The molecule has 2 amide bonds. The summed E-state index contributed by atoms with van der Waals surface area (Å²) in [7, 11) is 0. The summed E-state index contributed by atoms with van der Waals surface area (Å²) in [6.07, 6.45) is 5.40. The number of H-pyrrole nitrogens is 1. The van der Waals surface area contributed by atoms with Crippen LogP contribution in [0.3, 0.4) is 0 Å². The first-order valence-corrected chi connectivity index (χ1v) is 11.4. The molecule has 1 aliphatic rings. The topological polar surface area (TPSA) is 74.4 Å². The lowest BCUT2D eigenvalue weighted by Crippen LogP contribution is -2.43. The molecule has 3 rings (SSSR count). The second kappa shape index (κ2) is 10.2. The van der Waals surface area contributed by atoms with E-state index in [1.54, 1.807) is 13.0 Å². The molecule has 168 valence electrons. The van der Waals surface area contributed by atoms with Crippen molar-refractivity contribution in [3.8, 4) is 0 Å². The third kappa shape index (κ3) is 5.42. The number of amides is 2. The number of aromatic nitrogens is 1. The van der Waals surface area contributed by atoms with Crippen molar-refractivity contribution in [2.75, 3.05) is 11.9 Å². The normalized spacial score (nSPS) is 14.4. The van der Waals surface area contributed by atoms with Crippen LogP contribution in [0, 0.1) is 20.8 Å². The lowest BCUT2D eigenvalue weighted by molar-refractivity contribution is 0.0519. The van der Waals surface area contributed by atoms with Crippen molar-refractivity contribution in [1.82, 2.24) is 9.88 Å². The number of anilines is 1. The molecule has 0 radical (unpaired) electrons. The number of rotatable bonds is 6. The zero-order chi connectivity index (χ0) is 22.5. The summed E-state index contributed by atoms with van der Waals surface area (Å²) in [5.41, 5.74) is 4.82. The third-order valence-corrected chi connectivity index (χ3v) is 6.35. The van der Waals surface area contributed by atoms with Crippen LogP contribution in [-0.4, -0.2) is 34.5 Å². The maximum atomic E-state index is 13.4. The van der Waals surface area contributed by atoms with E-state index in [1.807, 2.05) is 37.8 Å². The van der Waals surface area contributed by atoms with Gasteiger partial charge < -0.3 is 19.9 Å². The number of nitrogens with zero attached hydrogens (tertiary/aromatic N) is 1. The average molecular weight is 446 g/mol. The number of hydrogen-bond acceptors (Lipinski definition) is 3. The Bertz CT molecular complexity index is 948. The number of benzene rings is 1. The second-order valence-electron chi connectivity index (χ2n) is 8.26. The van der Waals surface area contributed by atoms with Crippen LogP contribution in [0.15, 0.2) is 18.2 Å². The standard InChI is InChI=1S/C24H32ClN3O3/c1-5-31-23(29)22-16(3)20(17(4)26-22)14-28(19-9-7-6-8-10-19)24(30)27-21-13-18(25)12-11-15(21)2/h11-13,19,26H,5-10,14H2,1-4H3,(H,27,30). The Morgan fingerprint density at radius 3 is 2.58 bits per heavy atom. The number of nitrogens with one attached hydrogen (secondary N) is 2. The largest absolute Gasteiger partial charge is 0.461 e. The zero-order valence-electron chi connectivity index (χ0n) is 18.8. The molecular formula is C24H32ClN3O3. The SMILES string of the molecule is CCOC(=O)c1[nH]c(C)c(CN(C(=O)Nc2cc(Cl)ccc2C)C2CCCCC2)c1C. The number of aryl methyl sites for hydroxylation is 2. The van der Waals surface area contributed by atoms with Crippen LogP contribution in [0.4, 0.5) is 10.5 Å². The van der Waals surface area contributed by atoms with Gasteiger partial charge >= 0.3 is 12.0 Å². The summed E-state index contributed by atoms with van der Waals surface area (Å²) in [6.45, 7) is 8.33. The van der Waals surface area contributed by atoms with Crippen molar-refractivity contribution in [3.05, 3.63) is 51.3 Å². The zero-order valence-corrected chi connectivity index (χ0v) is 19.6. The fourth-order valence-corrected chi connectivity index (χ4v) is 4.45. The van der Waals surface area contributed by atoms with Gasteiger partial charge in [0, 0.05) is 29.0 Å². The number of urea groups is 1. The Morgan fingerprint density at radius 2 is 1.90 bits per heavy atom. The molecule has 0 atom stereocenters. The maximum absolute atomic E-state index is 13.4. The van der Waals surface area contributed by atoms with Gasteiger partial charge in [0.05, 0.1) is 6.61 Å². The van der Waals surface area contributed by atoms with E-state index in [9.17, 15) is 9.59 Å². The first-order chi connectivity index (χ1) is 14.8.